The van der Waals surface area contributed by atoms with Gasteiger partial charge in [0.05, 0.1) is 19.0 Å². The number of hydrogen-bond donors (Lipinski definition) is 0. The molecule has 20 heavy (non-hydrogen) atoms. The van der Waals surface area contributed by atoms with Crippen molar-refractivity contribution in [2.75, 3.05) is 12.9 Å². The molecule has 1 aromatic heterocycles. The molecule has 1 aromatic carbocycles. The lowest BCUT2D eigenvalue weighted by molar-refractivity contribution is 0.0592. The lowest BCUT2D eigenvalue weighted by Gasteiger charge is -2.00. The van der Waals surface area contributed by atoms with Gasteiger partial charge in [-0.1, -0.05) is 34.1 Å². The fraction of sp³-hybridized carbons (Fsp3) is 0.308. The average Bonchev–Trinajstić information content (AvgIpc) is 2.91. The van der Waals surface area contributed by atoms with Crippen molar-refractivity contribution in [2.24, 2.45) is 0 Å². The molecule has 0 atom stereocenters. The summed E-state index contributed by atoms with van der Waals surface area (Å²) in [4.78, 5) is 14.3. The van der Waals surface area contributed by atoms with Crippen LogP contribution < -0.4 is 0 Å². The van der Waals surface area contributed by atoms with Crippen LogP contribution >= 0.6 is 27.7 Å². The van der Waals surface area contributed by atoms with Crippen LogP contribution in [0.4, 0.5) is 0 Å². The summed E-state index contributed by atoms with van der Waals surface area (Å²) in [6.45, 7) is 0.635. The highest BCUT2D eigenvalue weighted by molar-refractivity contribution is 9.08. The highest BCUT2D eigenvalue weighted by atomic mass is 79.9. The first-order valence-electron chi connectivity index (χ1n) is 6.00. The van der Waals surface area contributed by atoms with Crippen LogP contribution in [0.25, 0.3) is 0 Å². The van der Waals surface area contributed by atoms with Gasteiger partial charge in [0.1, 0.15) is 5.69 Å². The molecule has 0 aliphatic heterocycles. The minimum atomic E-state index is -0.457. The molecule has 0 aliphatic rings. The Labute approximate surface area is 129 Å². The van der Waals surface area contributed by atoms with Crippen molar-refractivity contribution >= 4 is 33.7 Å². The fourth-order valence-electron chi connectivity index (χ4n) is 1.59. The second kappa shape index (κ2) is 7.44. The van der Waals surface area contributed by atoms with Gasteiger partial charge in [0.25, 0.3) is 0 Å². The smallest absolute Gasteiger partial charge is 0.360 e. The normalized spacial score (nSPS) is 10.5. The van der Waals surface area contributed by atoms with E-state index in [-0.39, 0.29) is 5.69 Å². The molecule has 0 aliphatic carbocycles. The number of thioether (sulfide) groups is 1. The van der Waals surface area contributed by atoms with E-state index < -0.39 is 5.97 Å². The molecule has 0 saturated heterocycles. The molecule has 0 amide bonds. The van der Waals surface area contributed by atoms with Crippen molar-refractivity contribution in [2.45, 2.75) is 16.8 Å². The number of alkyl halides is 1. The molecule has 0 saturated carbocycles. The molecule has 106 valence electrons. The fourth-order valence-corrected chi connectivity index (χ4v) is 2.81. The van der Waals surface area contributed by atoms with E-state index in [4.69, 9.17) is 0 Å². The van der Waals surface area contributed by atoms with Crippen molar-refractivity contribution in [1.82, 2.24) is 15.0 Å². The van der Waals surface area contributed by atoms with Crippen molar-refractivity contribution in [3.8, 4) is 0 Å². The van der Waals surface area contributed by atoms with Crippen molar-refractivity contribution < 1.29 is 9.53 Å². The molecule has 7 heteroatoms. The Morgan fingerprint density at radius 2 is 2.10 bits per heavy atom. The van der Waals surface area contributed by atoms with Crippen LogP contribution in [0, 0.1) is 0 Å². The number of aromatic nitrogens is 3. The summed E-state index contributed by atoms with van der Waals surface area (Å²) in [5, 5.41) is 8.92. The Balaban J connectivity index is 1.96. The number of halogens is 1. The first-order chi connectivity index (χ1) is 9.74. The van der Waals surface area contributed by atoms with Gasteiger partial charge < -0.3 is 4.74 Å². The minimum Gasteiger partial charge on any atom is -0.464 e. The summed E-state index contributed by atoms with van der Waals surface area (Å²) in [5.74, 6) is 0.377. The van der Waals surface area contributed by atoms with E-state index in [9.17, 15) is 4.79 Å². The van der Waals surface area contributed by atoms with Gasteiger partial charge in [0, 0.05) is 10.6 Å². The van der Waals surface area contributed by atoms with E-state index in [0.29, 0.717) is 17.6 Å². The van der Waals surface area contributed by atoms with Crippen LogP contribution in [0.1, 0.15) is 16.2 Å². The Kier molecular flexibility index (Phi) is 5.60. The third-order valence-electron chi connectivity index (χ3n) is 2.53. The molecular weight excluding hydrogens is 342 g/mol. The number of ether oxygens (including phenoxy) is 1. The molecule has 2 aromatic rings. The van der Waals surface area contributed by atoms with Gasteiger partial charge in [0.2, 0.25) is 0 Å². The SMILES string of the molecule is COC(=O)c1nn(CCSc2ccccc2)nc1CBr. The Hall–Kier alpha value is -1.34. The predicted octanol–water partition coefficient (Wildman–Crippen LogP) is 2.75. The summed E-state index contributed by atoms with van der Waals surface area (Å²) in [6.07, 6.45) is 0. The zero-order valence-corrected chi connectivity index (χ0v) is 13.4. The van der Waals surface area contributed by atoms with Crippen molar-refractivity contribution in [3.63, 3.8) is 0 Å². The van der Waals surface area contributed by atoms with Gasteiger partial charge in [-0.2, -0.15) is 9.90 Å². The second-order valence-corrected chi connectivity index (χ2v) is 5.61. The highest BCUT2D eigenvalue weighted by Crippen LogP contribution is 2.17. The number of aryl methyl sites for hydroxylation is 1. The maximum Gasteiger partial charge on any atom is 0.360 e. The Morgan fingerprint density at radius 1 is 1.35 bits per heavy atom. The van der Waals surface area contributed by atoms with Crippen LogP contribution in [0.15, 0.2) is 35.2 Å². The molecule has 0 bridgehead atoms. The molecule has 0 radical (unpaired) electrons. The van der Waals surface area contributed by atoms with Crippen LogP contribution in [-0.4, -0.2) is 33.8 Å². The van der Waals surface area contributed by atoms with Gasteiger partial charge in [-0.15, -0.1) is 16.9 Å². The molecule has 0 spiro atoms. The summed E-state index contributed by atoms with van der Waals surface area (Å²) >= 11 is 5.02. The lowest BCUT2D eigenvalue weighted by atomic mass is 10.3. The van der Waals surface area contributed by atoms with Gasteiger partial charge in [-0.3, -0.25) is 0 Å². The van der Waals surface area contributed by atoms with Gasteiger partial charge in [-0.25, -0.2) is 4.79 Å². The van der Waals surface area contributed by atoms with E-state index >= 15 is 0 Å². The number of esters is 1. The van der Waals surface area contributed by atoms with Crippen LogP contribution in [0.5, 0.6) is 0 Å². The number of benzene rings is 1. The highest BCUT2D eigenvalue weighted by Gasteiger charge is 2.18. The molecule has 0 N–H and O–H groups in total. The first-order valence-corrected chi connectivity index (χ1v) is 8.11. The number of methoxy groups -OCH3 is 1. The number of rotatable bonds is 6. The third kappa shape index (κ3) is 3.83. The molecule has 1 heterocycles. The quantitative estimate of drug-likeness (QED) is 0.453. The number of hydrogen-bond acceptors (Lipinski definition) is 5. The maximum atomic E-state index is 11.5. The van der Waals surface area contributed by atoms with Crippen LogP contribution in [0.2, 0.25) is 0 Å². The molecular formula is C13H14BrN3O2S. The standard InChI is InChI=1S/C13H14BrN3O2S/c1-19-13(18)12-11(9-14)15-17(16-12)7-8-20-10-5-3-2-4-6-10/h2-6H,7-9H2,1H3. The van der Waals surface area contributed by atoms with E-state index in [1.54, 1.807) is 16.6 Å². The molecule has 0 fully saturated rings. The van der Waals surface area contributed by atoms with E-state index in [1.165, 1.54) is 12.0 Å². The van der Waals surface area contributed by atoms with E-state index in [0.717, 1.165) is 5.75 Å². The van der Waals surface area contributed by atoms with Crippen molar-refractivity contribution in [1.29, 1.82) is 0 Å². The molecule has 0 unspecified atom stereocenters. The van der Waals surface area contributed by atoms with Gasteiger partial charge >= 0.3 is 5.97 Å². The van der Waals surface area contributed by atoms with Crippen molar-refractivity contribution in [3.05, 3.63) is 41.7 Å². The van der Waals surface area contributed by atoms with Crippen LogP contribution in [-0.2, 0) is 16.6 Å². The summed E-state index contributed by atoms with van der Waals surface area (Å²) in [6, 6.07) is 10.1. The first kappa shape index (κ1) is 15.1. The minimum absolute atomic E-state index is 0.272. The number of nitrogens with zero attached hydrogens (tertiary/aromatic N) is 3. The van der Waals surface area contributed by atoms with Crippen LogP contribution in [0.3, 0.4) is 0 Å². The summed E-state index contributed by atoms with van der Waals surface area (Å²) < 4.78 is 4.69. The average molecular weight is 356 g/mol. The maximum absolute atomic E-state index is 11.5. The zero-order chi connectivity index (χ0) is 14.4. The summed E-state index contributed by atoms with van der Waals surface area (Å²) in [7, 11) is 1.34. The molecule has 2 rings (SSSR count). The summed E-state index contributed by atoms with van der Waals surface area (Å²) in [5.41, 5.74) is 0.871. The predicted molar refractivity (Wildman–Crippen MR) is 81.2 cm³/mol. The lowest BCUT2D eigenvalue weighted by Crippen LogP contribution is -2.07. The largest absolute Gasteiger partial charge is 0.464 e. The zero-order valence-electron chi connectivity index (χ0n) is 11.0. The number of carbonyl (C=O) groups excluding carboxylic acids is 1. The van der Waals surface area contributed by atoms with E-state index in [2.05, 4.69) is 43.0 Å². The van der Waals surface area contributed by atoms with Gasteiger partial charge in [-0.05, 0) is 12.1 Å². The van der Waals surface area contributed by atoms with E-state index in [1.807, 2.05) is 18.2 Å². The Morgan fingerprint density at radius 3 is 2.75 bits per heavy atom. The monoisotopic (exact) mass is 355 g/mol. The third-order valence-corrected chi connectivity index (χ3v) is 4.06. The molecule has 5 nitrogen and oxygen atoms in total. The topological polar surface area (TPSA) is 57.0 Å². The Bertz CT molecular complexity index is 574. The number of carbonyl (C=O) groups is 1. The second-order valence-electron chi connectivity index (χ2n) is 3.88. The van der Waals surface area contributed by atoms with Gasteiger partial charge in [0.15, 0.2) is 5.69 Å².